The number of nitrogens with one attached hydrogen (secondary N) is 1. The first kappa shape index (κ1) is 16.0. The zero-order valence-electron chi connectivity index (χ0n) is 13.4. The Kier molecular flexibility index (Phi) is 4.75. The lowest BCUT2D eigenvalue weighted by Gasteiger charge is -2.19. The molecule has 0 aliphatic carbocycles. The maximum absolute atomic E-state index is 13.0. The molecule has 3 nitrogen and oxygen atoms in total. The number of benzene rings is 2. The third kappa shape index (κ3) is 3.90. The Bertz CT molecular complexity index is 793. The second-order valence-corrected chi connectivity index (χ2v) is 5.82. The third-order valence-corrected chi connectivity index (χ3v) is 3.96. The number of hydrogen-bond donors (Lipinski definition) is 1. The lowest BCUT2D eigenvalue weighted by atomic mass is 10.0. The molecule has 0 saturated heterocycles. The van der Waals surface area contributed by atoms with E-state index in [4.69, 9.17) is 0 Å². The molecule has 0 spiro atoms. The highest BCUT2D eigenvalue weighted by Crippen LogP contribution is 2.23. The molecule has 2 aromatic carbocycles. The number of halogens is 1. The van der Waals surface area contributed by atoms with E-state index >= 15 is 0 Å². The summed E-state index contributed by atoms with van der Waals surface area (Å²) >= 11 is 0. The van der Waals surface area contributed by atoms with Crippen molar-refractivity contribution in [1.29, 1.82) is 0 Å². The van der Waals surface area contributed by atoms with Crippen molar-refractivity contribution < 1.29 is 9.18 Å². The molecular formula is C20H19FN2O. The van der Waals surface area contributed by atoms with Crippen LogP contribution >= 0.6 is 0 Å². The molecule has 0 fully saturated rings. The van der Waals surface area contributed by atoms with E-state index in [1.807, 2.05) is 60.3 Å². The predicted octanol–water partition coefficient (Wildman–Crippen LogP) is 4.55. The van der Waals surface area contributed by atoms with Gasteiger partial charge in [-0.05, 0) is 48.9 Å². The van der Waals surface area contributed by atoms with Crippen molar-refractivity contribution >= 4 is 11.6 Å². The summed E-state index contributed by atoms with van der Waals surface area (Å²) in [5, 5.41) is 2.82. The molecule has 1 atom stereocenters. The zero-order chi connectivity index (χ0) is 16.9. The van der Waals surface area contributed by atoms with Crippen molar-refractivity contribution in [3.05, 3.63) is 90.0 Å². The van der Waals surface area contributed by atoms with Crippen LogP contribution in [0.25, 0.3) is 0 Å². The summed E-state index contributed by atoms with van der Waals surface area (Å²) in [4.78, 5) is 12.4. The van der Waals surface area contributed by atoms with Crippen LogP contribution in [0.1, 0.15) is 23.6 Å². The Morgan fingerprint density at radius 1 is 1.04 bits per heavy atom. The molecule has 1 N–H and O–H groups in total. The van der Waals surface area contributed by atoms with E-state index in [1.165, 1.54) is 17.7 Å². The molecular weight excluding hydrogens is 303 g/mol. The highest BCUT2D eigenvalue weighted by Gasteiger charge is 2.17. The molecule has 0 aliphatic rings. The highest BCUT2D eigenvalue weighted by atomic mass is 19.1. The van der Waals surface area contributed by atoms with Gasteiger partial charge in [0, 0.05) is 18.1 Å². The molecule has 0 bridgehead atoms. The van der Waals surface area contributed by atoms with Crippen LogP contribution in [0, 0.1) is 12.7 Å². The van der Waals surface area contributed by atoms with Crippen molar-refractivity contribution in [2.24, 2.45) is 0 Å². The van der Waals surface area contributed by atoms with Crippen LogP contribution in [0.15, 0.2) is 73.1 Å². The number of aryl methyl sites for hydroxylation is 1. The number of aromatic nitrogens is 1. The lowest BCUT2D eigenvalue weighted by Crippen LogP contribution is -2.19. The van der Waals surface area contributed by atoms with Crippen LogP contribution in [-0.2, 0) is 4.79 Å². The minimum atomic E-state index is -0.321. The van der Waals surface area contributed by atoms with Gasteiger partial charge in [-0.3, -0.25) is 4.79 Å². The standard InChI is InChI=1S/C20H19FN2O/c1-15-4-6-16(7-5-15)19(23-12-2-3-13-23)14-20(24)22-18-10-8-17(21)9-11-18/h2-13,19H,14H2,1H3,(H,22,24). The first-order chi connectivity index (χ1) is 11.6. The second kappa shape index (κ2) is 7.13. The molecule has 0 radical (unpaired) electrons. The Morgan fingerprint density at radius 2 is 1.67 bits per heavy atom. The van der Waals surface area contributed by atoms with E-state index in [0.29, 0.717) is 12.1 Å². The number of rotatable bonds is 5. The molecule has 1 unspecified atom stereocenters. The summed E-state index contributed by atoms with van der Waals surface area (Å²) in [7, 11) is 0. The molecule has 1 aromatic heterocycles. The summed E-state index contributed by atoms with van der Waals surface area (Å²) in [6.45, 7) is 2.04. The van der Waals surface area contributed by atoms with E-state index in [2.05, 4.69) is 5.32 Å². The predicted molar refractivity (Wildman–Crippen MR) is 93.4 cm³/mol. The van der Waals surface area contributed by atoms with Gasteiger partial charge in [0.15, 0.2) is 0 Å². The summed E-state index contributed by atoms with van der Waals surface area (Å²) in [6, 6.07) is 17.8. The first-order valence-electron chi connectivity index (χ1n) is 7.86. The van der Waals surface area contributed by atoms with E-state index in [0.717, 1.165) is 5.56 Å². The Labute approximate surface area is 140 Å². The molecule has 0 saturated carbocycles. The summed E-state index contributed by atoms with van der Waals surface area (Å²) in [5.74, 6) is -0.432. The van der Waals surface area contributed by atoms with Crippen molar-refractivity contribution in [2.75, 3.05) is 5.32 Å². The maximum Gasteiger partial charge on any atom is 0.226 e. The summed E-state index contributed by atoms with van der Waals surface area (Å²) < 4.78 is 15.0. The minimum absolute atomic E-state index is 0.0824. The van der Waals surface area contributed by atoms with E-state index in [-0.39, 0.29) is 17.8 Å². The van der Waals surface area contributed by atoms with Gasteiger partial charge in [-0.1, -0.05) is 29.8 Å². The number of amides is 1. The zero-order valence-corrected chi connectivity index (χ0v) is 13.4. The van der Waals surface area contributed by atoms with Gasteiger partial charge < -0.3 is 9.88 Å². The molecule has 1 heterocycles. The summed E-state index contributed by atoms with van der Waals surface area (Å²) in [6.07, 6.45) is 4.21. The normalized spacial score (nSPS) is 11.9. The van der Waals surface area contributed by atoms with Crippen molar-refractivity contribution in [2.45, 2.75) is 19.4 Å². The van der Waals surface area contributed by atoms with Crippen LogP contribution in [0.5, 0.6) is 0 Å². The Hall–Kier alpha value is -2.88. The van der Waals surface area contributed by atoms with Gasteiger partial charge in [-0.15, -0.1) is 0 Å². The lowest BCUT2D eigenvalue weighted by molar-refractivity contribution is -0.116. The van der Waals surface area contributed by atoms with Gasteiger partial charge in [0.2, 0.25) is 5.91 Å². The largest absolute Gasteiger partial charge is 0.346 e. The van der Waals surface area contributed by atoms with Crippen molar-refractivity contribution in [3.63, 3.8) is 0 Å². The number of nitrogens with zero attached hydrogens (tertiary/aromatic N) is 1. The van der Waals surface area contributed by atoms with E-state index < -0.39 is 0 Å². The quantitative estimate of drug-likeness (QED) is 0.734. The third-order valence-electron chi connectivity index (χ3n) is 3.96. The number of carbonyl (C=O) groups is 1. The first-order valence-corrected chi connectivity index (χ1v) is 7.86. The molecule has 122 valence electrons. The SMILES string of the molecule is Cc1ccc(C(CC(=O)Nc2ccc(F)cc2)n2cccc2)cc1. The van der Waals surface area contributed by atoms with Crippen molar-refractivity contribution in [1.82, 2.24) is 4.57 Å². The Balaban J connectivity index is 1.77. The van der Waals surface area contributed by atoms with Gasteiger partial charge in [-0.2, -0.15) is 0 Å². The fourth-order valence-corrected chi connectivity index (χ4v) is 2.66. The molecule has 3 aromatic rings. The van der Waals surface area contributed by atoms with Gasteiger partial charge in [0.25, 0.3) is 0 Å². The smallest absolute Gasteiger partial charge is 0.226 e. The topological polar surface area (TPSA) is 34.0 Å². The van der Waals surface area contributed by atoms with Crippen LogP contribution in [0.4, 0.5) is 10.1 Å². The van der Waals surface area contributed by atoms with Crippen LogP contribution < -0.4 is 5.32 Å². The maximum atomic E-state index is 13.0. The molecule has 3 rings (SSSR count). The Morgan fingerprint density at radius 3 is 2.29 bits per heavy atom. The monoisotopic (exact) mass is 322 g/mol. The number of hydrogen-bond acceptors (Lipinski definition) is 1. The summed E-state index contributed by atoms with van der Waals surface area (Å²) in [5.41, 5.74) is 2.85. The minimum Gasteiger partial charge on any atom is -0.346 e. The van der Waals surface area contributed by atoms with Crippen LogP contribution in [0.2, 0.25) is 0 Å². The highest BCUT2D eigenvalue weighted by molar-refractivity contribution is 5.91. The van der Waals surface area contributed by atoms with E-state index in [9.17, 15) is 9.18 Å². The van der Waals surface area contributed by atoms with Gasteiger partial charge in [0.05, 0.1) is 12.5 Å². The number of carbonyl (C=O) groups excluding carboxylic acids is 1. The van der Waals surface area contributed by atoms with Gasteiger partial charge in [0.1, 0.15) is 5.82 Å². The molecule has 0 aliphatic heterocycles. The van der Waals surface area contributed by atoms with Crippen LogP contribution in [0.3, 0.4) is 0 Å². The van der Waals surface area contributed by atoms with E-state index in [1.54, 1.807) is 12.1 Å². The fraction of sp³-hybridized carbons (Fsp3) is 0.150. The van der Waals surface area contributed by atoms with Crippen molar-refractivity contribution in [3.8, 4) is 0 Å². The second-order valence-electron chi connectivity index (χ2n) is 5.82. The number of anilines is 1. The average molecular weight is 322 g/mol. The molecule has 4 heteroatoms. The van der Waals surface area contributed by atoms with Gasteiger partial charge in [-0.25, -0.2) is 4.39 Å². The fourth-order valence-electron chi connectivity index (χ4n) is 2.66. The molecule has 24 heavy (non-hydrogen) atoms. The average Bonchev–Trinajstić information content (AvgIpc) is 3.10. The van der Waals surface area contributed by atoms with Crippen LogP contribution in [-0.4, -0.2) is 10.5 Å². The molecule has 1 amide bonds. The van der Waals surface area contributed by atoms with Gasteiger partial charge >= 0.3 is 0 Å².